The molecule has 1 fully saturated rings. The molecule has 0 saturated carbocycles. The predicted octanol–water partition coefficient (Wildman–Crippen LogP) is 1.82. The largest absolute Gasteiger partial charge is 0.394 e. The van der Waals surface area contributed by atoms with E-state index in [0.29, 0.717) is 0 Å². The zero-order valence-corrected chi connectivity index (χ0v) is 13.3. The molecule has 1 amide bonds. The lowest BCUT2D eigenvalue weighted by molar-refractivity contribution is -0.126. The van der Waals surface area contributed by atoms with Crippen LogP contribution in [0.1, 0.15) is 36.9 Å². The van der Waals surface area contributed by atoms with Crippen molar-refractivity contribution < 1.29 is 9.90 Å². The molecule has 5 heteroatoms. The Kier molecular flexibility index (Phi) is 7.72. The van der Waals surface area contributed by atoms with Gasteiger partial charge in [0.1, 0.15) is 0 Å². The summed E-state index contributed by atoms with van der Waals surface area (Å²) in [6, 6.07) is 7.78. The van der Waals surface area contributed by atoms with Gasteiger partial charge in [-0.25, -0.2) is 0 Å². The van der Waals surface area contributed by atoms with E-state index >= 15 is 0 Å². The van der Waals surface area contributed by atoms with Gasteiger partial charge in [-0.15, -0.1) is 12.4 Å². The maximum Gasteiger partial charge on any atom is 0.223 e. The molecule has 1 aromatic carbocycles. The van der Waals surface area contributed by atoms with Crippen molar-refractivity contribution in [3.05, 3.63) is 35.4 Å². The second-order valence-electron chi connectivity index (χ2n) is 5.36. The number of hydrogen-bond donors (Lipinski definition) is 3. The molecule has 1 unspecified atom stereocenters. The fraction of sp³-hybridized carbons (Fsp3) is 0.562. The van der Waals surface area contributed by atoms with Crippen LogP contribution in [0.2, 0.25) is 0 Å². The Hall–Kier alpha value is -1.10. The van der Waals surface area contributed by atoms with Gasteiger partial charge in [0.25, 0.3) is 0 Å². The van der Waals surface area contributed by atoms with Crippen LogP contribution >= 0.6 is 12.4 Å². The number of carbonyl (C=O) groups excluding carboxylic acids is 1. The highest BCUT2D eigenvalue weighted by atomic mass is 35.5. The highest BCUT2D eigenvalue weighted by Crippen LogP contribution is 2.17. The Morgan fingerprint density at radius 3 is 2.48 bits per heavy atom. The molecule has 1 heterocycles. The second-order valence-corrected chi connectivity index (χ2v) is 5.36. The Morgan fingerprint density at radius 2 is 1.95 bits per heavy atom. The predicted molar refractivity (Wildman–Crippen MR) is 86.6 cm³/mol. The molecular formula is C16H25ClN2O2. The van der Waals surface area contributed by atoms with Gasteiger partial charge in [0.15, 0.2) is 0 Å². The molecule has 1 aliphatic rings. The number of carbonyl (C=O) groups is 1. The number of nitrogens with one attached hydrogen (secondary N) is 2. The summed E-state index contributed by atoms with van der Waals surface area (Å²) in [5.41, 5.74) is 2.22. The number of aryl methyl sites for hydroxylation is 1. The summed E-state index contributed by atoms with van der Waals surface area (Å²) in [5, 5.41) is 15.8. The fourth-order valence-corrected chi connectivity index (χ4v) is 2.59. The minimum atomic E-state index is -0.303. The molecule has 0 spiro atoms. The topological polar surface area (TPSA) is 61.4 Å². The Labute approximate surface area is 132 Å². The van der Waals surface area contributed by atoms with Crippen LogP contribution in [-0.2, 0) is 11.2 Å². The van der Waals surface area contributed by atoms with Gasteiger partial charge in [-0.05, 0) is 43.5 Å². The maximum absolute atomic E-state index is 12.2. The average molecular weight is 313 g/mol. The van der Waals surface area contributed by atoms with E-state index in [1.54, 1.807) is 0 Å². The monoisotopic (exact) mass is 312 g/mol. The highest BCUT2D eigenvalue weighted by molar-refractivity contribution is 5.85. The molecule has 1 aromatic rings. The quantitative estimate of drug-likeness (QED) is 0.777. The summed E-state index contributed by atoms with van der Waals surface area (Å²) in [7, 11) is 0. The van der Waals surface area contributed by atoms with Gasteiger partial charge in [0.2, 0.25) is 5.91 Å². The van der Waals surface area contributed by atoms with E-state index in [2.05, 4.69) is 29.7 Å². The molecule has 0 radical (unpaired) electrons. The molecule has 1 aliphatic heterocycles. The first-order valence-corrected chi connectivity index (χ1v) is 7.45. The minimum Gasteiger partial charge on any atom is -0.394 e. The molecule has 4 nitrogen and oxygen atoms in total. The van der Waals surface area contributed by atoms with Crippen molar-refractivity contribution in [2.75, 3.05) is 19.7 Å². The van der Waals surface area contributed by atoms with Gasteiger partial charge < -0.3 is 15.7 Å². The van der Waals surface area contributed by atoms with Crippen LogP contribution < -0.4 is 10.6 Å². The van der Waals surface area contributed by atoms with E-state index in [9.17, 15) is 9.90 Å². The van der Waals surface area contributed by atoms with Crippen molar-refractivity contribution in [1.82, 2.24) is 10.6 Å². The SMILES string of the molecule is CCc1ccc(C(CO)NC(=O)C2CCNCC2)cc1.Cl. The van der Waals surface area contributed by atoms with Gasteiger partial charge in [-0.3, -0.25) is 4.79 Å². The average Bonchev–Trinajstić information content (AvgIpc) is 2.53. The molecule has 2 rings (SSSR count). The number of piperidine rings is 1. The molecular weight excluding hydrogens is 288 g/mol. The molecule has 21 heavy (non-hydrogen) atoms. The summed E-state index contributed by atoms with van der Waals surface area (Å²) in [6.07, 6.45) is 2.74. The first kappa shape index (κ1) is 18.0. The number of rotatable bonds is 5. The first-order chi connectivity index (χ1) is 9.74. The van der Waals surface area contributed by atoms with Crippen molar-refractivity contribution >= 4 is 18.3 Å². The molecule has 0 aromatic heterocycles. The van der Waals surface area contributed by atoms with Crippen LogP contribution in [0.25, 0.3) is 0 Å². The fourth-order valence-electron chi connectivity index (χ4n) is 2.59. The van der Waals surface area contributed by atoms with E-state index in [1.807, 2.05) is 12.1 Å². The van der Waals surface area contributed by atoms with Gasteiger partial charge >= 0.3 is 0 Å². The van der Waals surface area contributed by atoms with Crippen molar-refractivity contribution in [2.24, 2.45) is 5.92 Å². The lowest BCUT2D eigenvalue weighted by atomic mass is 9.96. The lowest BCUT2D eigenvalue weighted by Crippen LogP contribution is -2.40. The van der Waals surface area contributed by atoms with E-state index in [0.717, 1.165) is 37.9 Å². The van der Waals surface area contributed by atoms with Gasteiger partial charge in [-0.1, -0.05) is 31.2 Å². The minimum absolute atomic E-state index is 0. The van der Waals surface area contributed by atoms with Crippen LogP contribution in [0, 0.1) is 5.92 Å². The van der Waals surface area contributed by atoms with Gasteiger partial charge in [-0.2, -0.15) is 0 Å². The maximum atomic E-state index is 12.2. The van der Waals surface area contributed by atoms with E-state index in [1.165, 1.54) is 5.56 Å². The van der Waals surface area contributed by atoms with Crippen LogP contribution in [0.4, 0.5) is 0 Å². The third-order valence-corrected chi connectivity index (χ3v) is 4.00. The van der Waals surface area contributed by atoms with E-state index < -0.39 is 0 Å². The van der Waals surface area contributed by atoms with Crippen LogP contribution in [0.3, 0.4) is 0 Å². The zero-order valence-electron chi connectivity index (χ0n) is 12.5. The third-order valence-electron chi connectivity index (χ3n) is 4.00. The normalized spacial score (nSPS) is 16.9. The van der Waals surface area contributed by atoms with Crippen molar-refractivity contribution in [2.45, 2.75) is 32.2 Å². The Bertz CT molecular complexity index is 430. The van der Waals surface area contributed by atoms with E-state index in [4.69, 9.17) is 0 Å². The highest BCUT2D eigenvalue weighted by Gasteiger charge is 2.23. The molecule has 118 valence electrons. The van der Waals surface area contributed by atoms with E-state index in [-0.39, 0.29) is 36.9 Å². The summed E-state index contributed by atoms with van der Waals surface area (Å²) >= 11 is 0. The number of hydrogen-bond acceptors (Lipinski definition) is 3. The number of benzene rings is 1. The molecule has 1 saturated heterocycles. The summed E-state index contributed by atoms with van der Waals surface area (Å²) < 4.78 is 0. The molecule has 0 bridgehead atoms. The number of aliphatic hydroxyl groups excluding tert-OH is 1. The Balaban J connectivity index is 0.00000220. The van der Waals surface area contributed by atoms with Crippen LogP contribution in [0.15, 0.2) is 24.3 Å². The van der Waals surface area contributed by atoms with Crippen molar-refractivity contribution in [3.8, 4) is 0 Å². The molecule has 1 atom stereocenters. The summed E-state index contributed by atoms with van der Waals surface area (Å²) in [5.74, 6) is 0.130. The first-order valence-electron chi connectivity index (χ1n) is 7.45. The summed E-state index contributed by atoms with van der Waals surface area (Å²) in [6.45, 7) is 3.83. The Morgan fingerprint density at radius 1 is 1.33 bits per heavy atom. The number of halogens is 1. The van der Waals surface area contributed by atoms with Crippen molar-refractivity contribution in [1.29, 1.82) is 0 Å². The molecule has 3 N–H and O–H groups in total. The zero-order chi connectivity index (χ0) is 14.4. The lowest BCUT2D eigenvalue weighted by Gasteiger charge is -2.25. The molecule has 0 aliphatic carbocycles. The van der Waals surface area contributed by atoms with Gasteiger partial charge in [0, 0.05) is 5.92 Å². The number of aliphatic hydroxyl groups is 1. The third kappa shape index (κ3) is 4.99. The van der Waals surface area contributed by atoms with Crippen LogP contribution in [-0.4, -0.2) is 30.7 Å². The summed E-state index contributed by atoms with van der Waals surface area (Å²) in [4.78, 5) is 12.2. The smallest absolute Gasteiger partial charge is 0.223 e. The number of amides is 1. The second kappa shape index (κ2) is 9.03. The standard InChI is InChI=1S/C16H24N2O2.ClH/c1-2-12-3-5-13(6-4-12)15(11-19)18-16(20)14-7-9-17-10-8-14;/h3-6,14-15,17,19H,2,7-11H2,1H3,(H,18,20);1H. The van der Waals surface area contributed by atoms with Gasteiger partial charge in [0.05, 0.1) is 12.6 Å². The van der Waals surface area contributed by atoms with Crippen LogP contribution in [0.5, 0.6) is 0 Å². The van der Waals surface area contributed by atoms with Crippen molar-refractivity contribution in [3.63, 3.8) is 0 Å².